The molecule has 6 nitrogen and oxygen atoms in total. The van der Waals surface area contributed by atoms with Crippen molar-refractivity contribution in [3.05, 3.63) is 47.0 Å². The van der Waals surface area contributed by atoms with Gasteiger partial charge in [0.25, 0.3) is 0 Å². The number of morpholine rings is 1. The number of carbonyl (C=O) groups is 1. The third-order valence-electron chi connectivity index (χ3n) is 4.96. The van der Waals surface area contributed by atoms with E-state index < -0.39 is 17.6 Å². The second kappa shape index (κ2) is 10.3. The molecule has 0 saturated carbocycles. The van der Waals surface area contributed by atoms with E-state index >= 15 is 4.39 Å². The molecular formula is C20H22Cl2F2N2O4. The van der Waals surface area contributed by atoms with Crippen molar-refractivity contribution in [2.45, 2.75) is 6.54 Å². The van der Waals surface area contributed by atoms with Gasteiger partial charge in [-0.05, 0) is 24.3 Å². The summed E-state index contributed by atoms with van der Waals surface area (Å²) in [5.74, 6) is -1.32. The lowest BCUT2D eigenvalue weighted by molar-refractivity contribution is 0.0600. The van der Waals surface area contributed by atoms with Crippen molar-refractivity contribution in [3.8, 4) is 16.9 Å². The van der Waals surface area contributed by atoms with E-state index in [9.17, 15) is 9.18 Å². The molecule has 0 spiro atoms. The van der Waals surface area contributed by atoms with Crippen molar-refractivity contribution in [3.63, 3.8) is 0 Å². The van der Waals surface area contributed by atoms with E-state index in [1.165, 1.54) is 25.3 Å². The molecule has 0 bridgehead atoms. The number of rotatable bonds is 3. The van der Waals surface area contributed by atoms with Crippen LogP contribution in [-0.2, 0) is 16.0 Å². The maximum absolute atomic E-state index is 15.0. The molecule has 2 aliphatic rings. The number of nitrogens with zero attached hydrogens (tertiary/aromatic N) is 1. The number of nitrogens with one attached hydrogen (secondary N) is 1. The van der Waals surface area contributed by atoms with Crippen molar-refractivity contribution in [2.24, 2.45) is 0 Å². The summed E-state index contributed by atoms with van der Waals surface area (Å²) in [5.41, 5.74) is 1.74. The van der Waals surface area contributed by atoms with Crippen LogP contribution >= 0.6 is 24.8 Å². The average Bonchev–Trinajstić information content (AvgIpc) is 2.74. The summed E-state index contributed by atoms with van der Waals surface area (Å²) in [7, 11) is 1.26. The molecule has 0 aromatic heterocycles. The van der Waals surface area contributed by atoms with Gasteiger partial charge >= 0.3 is 5.97 Å². The van der Waals surface area contributed by atoms with Gasteiger partial charge in [0.15, 0.2) is 0 Å². The normalized spacial score (nSPS) is 15.2. The Kier molecular flexibility index (Phi) is 8.25. The Balaban J connectivity index is 0.00000160. The molecule has 1 saturated heterocycles. The number of hydrogen-bond donors (Lipinski definition) is 1. The average molecular weight is 463 g/mol. The number of benzene rings is 2. The first-order valence-corrected chi connectivity index (χ1v) is 9.00. The van der Waals surface area contributed by atoms with Crippen LogP contribution in [0.2, 0.25) is 0 Å². The van der Waals surface area contributed by atoms with Crippen LogP contribution in [-0.4, -0.2) is 46.1 Å². The highest BCUT2D eigenvalue weighted by Crippen LogP contribution is 2.40. The van der Waals surface area contributed by atoms with Gasteiger partial charge in [-0.25, -0.2) is 13.6 Å². The van der Waals surface area contributed by atoms with E-state index in [0.29, 0.717) is 55.4 Å². The monoisotopic (exact) mass is 462 g/mol. The molecule has 0 amide bonds. The summed E-state index contributed by atoms with van der Waals surface area (Å²) in [6, 6.07) is 5.57. The minimum absolute atomic E-state index is 0. The molecule has 2 aliphatic heterocycles. The molecule has 164 valence electrons. The molecule has 30 heavy (non-hydrogen) atoms. The zero-order chi connectivity index (χ0) is 19.7. The zero-order valence-corrected chi connectivity index (χ0v) is 17.8. The summed E-state index contributed by atoms with van der Waals surface area (Å²) in [5, 5.41) is 2.93. The summed E-state index contributed by atoms with van der Waals surface area (Å²) in [6.45, 7) is 2.66. The number of halogens is 4. The van der Waals surface area contributed by atoms with Crippen LogP contribution in [0, 0.1) is 11.6 Å². The van der Waals surface area contributed by atoms with Crippen LogP contribution < -0.4 is 15.0 Å². The predicted molar refractivity (Wildman–Crippen MR) is 113 cm³/mol. The van der Waals surface area contributed by atoms with E-state index in [2.05, 4.69) is 5.32 Å². The smallest absolute Gasteiger partial charge is 0.340 e. The number of anilines is 1. The molecule has 2 heterocycles. The minimum atomic E-state index is -0.617. The zero-order valence-electron chi connectivity index (χ0n) is 16.2. The van der Waals surface area contributed by atoms with Gasteiger partial charge in [0.1, 0.15) is 24.1 Å². The highest BCUT2D eigenvalue weighted by Gasteiger charge is 2.26. The summed E-state index contributed by atoms with van der Waals surface area (Å²) < 4.78 is 45.0. The van der Waals surface area contributed by atoms with Crippen molar-refractivity contribution in [1.29, 1.82) is 0 Å². The van der Waals surface area contributed by atoms with Gasteiger partial charge in [0, 0.05) is 36.3 Å². The van der Waals surface area contributed by atoms with E-state index in [-0.39, 0.29) is 42.7 Å². The number of ether oxygens (including phenoxy) is 3. The highest BCUT2D eigenvalue weighted by molar-refractivity contribution is 5.97. The number of carbonyl (C=O) groups excluding carboxylic acids is 1. The molecule has 2 aromatic carbocycles. The standard InChI is InChI=1S/C20H20F2N2O4.2ClH/c1-26-20(25)14-8-17(22)13(9-18(14)24-4-6-27-7-5-24)12-2-3-16(21)15-10-23-11-28-19(12)15;;/h2-3,8-9,23H,4-7,10-11H2,1H3;2*1H. The van der Waals surface area contributed by atoms with E-state index in [4.69, 9.17) is 14.2 Å². The topological polar surface area (TPSA) is 60.0 Å². The first kappa shape index (κ1) is 24.1. The van der Waals surface area contributed by atoms with Gasteiger partial charge in [-0.3, -0.25) is 5.32 Å². The van der Waals surface area contributed by atoms with Gasteiger partial charge in [-0.1, -0.05) is 0 Å². The van der Waals surface area contributed by atoms with Crippen LogP contribution in [0.3, 0.4) is 0 Å². The first-order chi connectivity index (χ1) is 13.6. The lowest BCUT2D eigenvalue weighted by atomic mass is 9.97. The van der Waals surface area contributed by atoms with Gasteiger partial charge in [-0.2, -0.15) is 0 Å². The summed E-state index contributed by atoms with van der Waals surface area (Å²) >= 11 is 0. The van der Waals surface area contributed by atoms with E-state index in [1.54, 1.807) is 6.07 Å². The first-order valence-electron chi connectivity index (χ1n) is 9.00. The minimum Gasteiger partial charge on any atom is -0.477 e. The Morgan fingerprint density at radius 3 is 2.53 bits per heavy atom. The Bertz CT molecular complexity index is 924. The van der Waals surface area contributed by atoms with E-state index in [0.717, 1.165) is 0 Å². The number of methoxy groups -OCH3 is 1. The van der Waals surface area contributed by atoms with Crippen LogP contribution in [0.15, 0.2) is 24.3 Å². The second-order valence-electron chi connectivity index (χ2n) is 6.56. The Labute approximate surface area is 185 Å². The van der Waals surface area contributed by atoms with Crippen molar-refractivity contribution >= 4 is 36.5 Å². The number of fused-ring (bicyclic) bond motifs is 1. The Morgan fingerprint density at radius 2 is 1.83 bits per heavy atom. The third kappa shape index (κ3) is 4.46. The molecule has 0 atom stereocenters. The van der Waals surface area contributed by atoms with Gasteiger partial charge < -0.3 is 19.1 Å². The molecule has 10 heteroatoms. The van der Waals surface area contributed by atoms with Crippen molar-refractivity contribution in [1.82, 2.24) is 5.32 Å². The molecular weight excluding hydrogens is 441 g/mol. The Morgan fingerprint density at radius 1 is 1.10 bits per heavy atom. The van der Waals surface area contributed by atoms with Gasteiger partial charge in [0.05, 0.1) is 31.6 Å². The molecule has 1 fully saturated rings. The van der Waals surface area contributed by atoms with Crippen LogP contribution in [0.1, 0.15) is 15.9 Å². The molecule has 4 rings (SSSR count). The molecule has 2 aromatic rings. The highest BCUT2D eigenvalue weighted by atomic mass is 35.5. The lowest BCUT2D eigenvalue weighted by Crippen LogP contribution is -2.37. The fourth-order valence-corrected chi connectivity index (χ4v) is 3.55. The SMILES string of the molecule is COC(=O)c1cc(F)c(-c2ccc(F)c3c2OCNC3)cc1N1CCOCC1.Cl.Cl. The van der Waals surface area contributed by atoms with Crippen molar-refractivity contribution < 1.29 is 27.8 Å². The molecule has 1 N–H and O–H groups in total. The van der Waals surface area contributed by atoms with Crippen LogP contribution in [0.4, 0.5) is 14.5 Å². The number of esters is 1. The second-order valence-corrected chi connectivity index (χ2v) is 6.56. The largest absolute Gasteiger partial charge is 0.477 e. The maximum Gasteiger partial charge on any atom is 0.340 e. The Hall–Kier alpha value is -2.13. The quantitative estimate of drug-likeness (QED) is 0.703. The van der Waals surface area contributed by atoms with E-state index in [1.807, 2.05) is 4.90 Å². The maximum atomic E-state index is 15.0. The summed E-state index contributed by atoms with van der Waals surface area (Å²) in [4.78, 5) is 14.2. The fourth-order valence-electron chi connectivity index (χ4n) is 3.55. The van der Waals surface area contributed by atoms with Gasteiger partial charge in [0.2, 0.25) is 0 Å². The lowest BCUT2D eigenvalue weighted by Gasteiger charge is -2.31. The van der Waals surface area contributed by atoms with Crippen molar-refractivity contribution in [2.75, 3.05) is 45.0 Å². The number of hydrogen-bond acceptors (Lipinski definition) is 6. The van der Waals surface area contributed by atoms with Crippen LogP contribution in [0.25, 0.3) is 11.1 Å². The third-order valence-corrected chi connectivity index (χ3v) is 4.96. The predicted octanol–water partition coefficient (Wildman–Crippen LogP) is 3.54. The fraction of sp³-hybridized carbons (Fsp3) is 0.350. The van der Waals surface area contributed by atoms with Crippen LogP contribution in [0.5, 0.6) is 5.75 Å². The molecule has 0 unspecified atom stereocenters. The summed E-state index contributed by atoms with van der Waals surface area (Å²) in [6.07, 6.45) is 0. The molecule has 0 radical (unpaired) electrons. The molecule has 0 aliphatic carbocycles. The van der Waals surface area contributed by atoms with Gasteiger partial charge in [-0.15, -0.1) is 24.8 Å².